The van der Waals surface area contributed by atoms with Crippen LogP contribution >= 0.6 is 11.6 Å². The topological polar surface area (TPSA) is 15.7 Å². The lowest BCUT2D eigenvalue weighted by Gasteiger charge is -2.32. The summed E-state index contributed by atoms with van der Waals surface area (Å²) >= 11 is 6.21. The van der Waals surface area contributed by atoms with Gasteiger partial charge in [0, 0.05) is 31.2 Å². The van der Waals surface area contributed by atoms with Crippen molar-refractivity contribution >= 4 is 11.6 Å². The van der Waals surface area contributed by atoms with Gasteiger partial charge in [-0.3, -0.25) is 0 Å². The minimum absolute atomic E-state index is 0.591. The Morgan fingerprint density at radius 2 is 1.76 bits per heavy atom. The second-order valence-corrected chi connectivity index (χ2v) is 7.21. The molecule has 0 aliphatic carbocycles. The van der Waals surface area contributed by atoms with Crippen LogP contribution in [0.1, 0.15) is 17.5 Å². The molecule has 0 saturated carbocycles. The van der Waals surface area contributed by atoms with Gasteiger partial charge < -0.3 is 14.5 Å². The number of ether oxygens (including phenoxy) is 1. The van der Waals surface area contributed by atoms with Crippen molar-refractivity contribution in [1.82, 2.24) is 9.80 Å². The number of nitrogens with zero attached hydrogens (tertiary/aromatic N) is 2. The van der Waals surface area contributed by atoms with E-state index in [0.717, 1.165) is 30.2 Å². The molecular weight excluding hydrogens is 332 g/mol. The first-order chi connectivity index (χ1) is 12.2. The van der Waals surface area contributed by atoms with E-state index < -0.39 is 0 Å². The molecule has 0 unspecified atom stereocenters. The van der Waals surface area contributed by atoms with E-state index in [1.165, 1.54) is 37.3 Å². The number of benzene rings is 2. The molecule has 1 aliphatic rings. The van der Waals surface area contributed by atoms with Crippen molar-refractivity contribution in [3.05, 3.63) is 64.7 Å². The van der Waals surface area contributed by atoms with Gasteiger partial charge in [-0.05, 0) is 55.8 Å². The lowest BCUT2D eigenvalue weighted by atomic mass is 10.1. The molecular formula is C21H27ClN2O. The third-order valence-electron chi connectivity index (χ3n) is 4.78. The Bertz CT molecular complexity index is 654. The molecule has 25 heavy (non-hydrogen) atoms. The molecule has 0 radical (unpaired) electrons. The molecule has 2 aromatic rings. The zero-order chi connectivity index (χ0) is 17.5. The van der Waals surface area contributed by atoms with Crippen molar-refractivity contribution in [1.29, 1.82) is 0 Å². The molecule has 134 valence electrons. The molecule has 4 heteroatoms. The van der Waals surface area contributed by atoms with Gasteiger partial charge in [-0.1, -0.05) is 41.9 Å². The van der Waals surface area contributed by atoms with E-state index in [0.29, 0.717) is 6.61 Å². The fourth-order valence-electron chi connectivity index (χ4n) is 3.18. The molecule has 0 amide bonds. The number of halogens is 1. The highest BCUT2D eigenvalue weighted by atomic mass is 35.5. The van der Waals surface area contributed by atoms with Crippen molar-refractivity contribution in [2.45, 2.75) is 19.4 Å². The first kappa shape index (κ1) is 18.2. The number of hydrogen-bond acceptors (Lipinski definition) is 3. The predicted octanol–water partition coefficient (Wildman–Crippen LogP) is 4.10. The summed E-state index contributed by atoms with van der Waals surface area (Å²) in [5.74, 6) is 0.951. The summed E-state index contributed by atoms with van der Waals surface area (Å²) < 4.78 is 6.06. The second-order valence-electron chi connectivity index (χ2n) is 6.77. The zero-order valence-corrected chi connectivity index (χ0v) is 15.7. The van der Waals surface area contributed by atoms with Gasteiger partial charge in [0.1, 0.15) is 12.4 Å². The van der Waals surface area contributed by atoms with E-state index in [-0.39, 0.29) is 0 Å². The number of likely N-dealkylation sites (N-methyl/N-ethyl adjacent to an activating group) is 1. The van der Waals surface area contributed by atoms with E-state index in [1.54, 1.807) is 0 Å². The van der Waals surface area contributed by atoms with Gasteiger partial charge in [0.2, 0.25) is 0 Å². The minimum Gasteiger partial charge on any atom is -0.489 e. The van der Waals surface area contributed by atoms with E-state index >= 15 is 0 Å². The van der Waals surface area contributed by atoms with Crippen LogP contribution < -0.4 is 4.74 Å². The normalized spacial score (nSPS) is 16.1. The van der Waals surface area contributed by atoms with Gasteiger partial charge in [0.15, 0.2) is 0 Å². The lowest BCUT2D eigenvalue weighted by molar-refractivity contribution is 0.153. The largest absolute Gasteiger partial charge is 0.489 e. The Morgan fingerprint density at radius 1 is 1.00 bits per heavy atom. The monoisotopic (exact) mass is 358 g/mol. The SMILES string of the molecule is CN1CCN(CCCc2cc(Cl)ccc2OCc2ccccc2)CC1. The fraction of sp³-hybridized carbons (Fsp3) is 0.429. The van der Waals surface area contributed by atoms with Crippen molar-refractivity contribution in [3.63, 3.8) is 0 Å². The van der Waals surface area contributed by atoms with Gasteiger partial charge in [-0.25, -0.2) is 0 Å². The summed E-state index contributed by atoms with van der Waals surface area (Å²) in [7, 11) is 2.19. The first-order valence-corrected chi connectivity index (χ1v) is 9.44. The van der Waals surface area contributed by atoms with Crippen LogP contribution in [0.15, 0.2) is 48.5 Å². The average Bonchev–Trinajstić information content (AvgIpc) is 2.63. The predicted molar refractivity (Wildman–Crippen MR) is 104 cm³/mol. The number of piperazine rings is 1. The summed E-state index contributed by atoms with van der Waals surface area (Å²) in [6, 6.07) is 16.2. The highest BCUT2D eigenvalue weighted by Crippen LogP contribution is 2.25. The zero-order valence-electron chi connectivity index (χ0n) is 15.0. The van der Waals surface area contributed by atoms with Gasteiger partial charge in [-0.2, -0.15) is 0 Å². The quantitative estimate of drug-likeness (QED) is 0.741. The summed E-state index contributed by atoms with van der Waals surface area (Å²) in [6.45, 7) is 6.41. The third-order valence-corrected chi connectivity index (χ3v) is 5.01. The molecule has 1 heterocycles. The Morgan fingerprint density at radius 3 is 2.52 bits per heavy atom. The smallest absolute Gasteiger partial charge is 0.123 e. The van der Waals surface area contributed by atoms with Gasteiger partial charge >= 0.3 is 0 Å². The van der Waals surface area contributed by atoms with Crippen LogP contribution in [0.25, 0.3) is 0 Å². The van der Waals surface area contributed by atoms with E-state index in [9.17, 15) is 0 Å². The average molecular weight is 359 g/mol. The molecule has 0 N–H and O–H groups in total. The molecule has 0 bridgehead atoms. The van der Waals surface area contributed by atoms with Crippen LogP contribution in [0.2, 0.25) is 5.02 Å². The van der Waals surface area contributed by atoms with Crippen LogP contribution in [-0.4, -0.2) is 49.6 Å². The minimum atomic E-state index is 0.591. The number of rotatable bonds is 7. The van der Waals surface area contributed by atoms with Gasteiger partial charge in [-0.15, -0.1) is 0 Å². The highest BCUT2D eigenvalue weighted by Gasteiger charge is 2.13. The molecule has 0 aromatic heterocycles. The summed E-state index contributed by atoms with van der Waals surface area (Å²) in [6.07, 6.45) is 2.13. The molecule has 0 atom stereocenters. The maximum Gasteiger partial charge on any atom is 0.123 e. The summed E-state index contributed by atoms with van der Waals surface area (Å²) in [5.41, 5.74) is 2.39. The second kappa shape index (κ2) is 9.23. The molecule has 3 nitrogen and oxygen atoms in total. The molecule has 2 aromatic carbocycles. The van der Waals surface area contributed by atoms with Crippen LogP contribution in [0.3, 0.4) is 0 Å². The third kappa shape index (κ3) is 5.74. The van der Waals surface area contributed by atoms with Crippen molar-refractivity contribution < 1.29 is 4.74 Å². The van der Waals surface area contributed by atoms with Crippen molar-refractivity contribution in [2.75, 3.05) is 39.8 Å². The Balaban J connectivity index is 1.53. The highest BCUT2D eigenvalue weighted by molar-refractivity contribution is 6.30. The van der Waals surface area contributed by atoms with Crippen LogP contribution in [0.4, 0.5) is 0 Å². The Labute approximate surface area is 156 Å². The van der Waals surface area contributed by atoms with Crippen LogP contribution in [-0.2, 0) is 13.0 Å². The van der Waals surface area contributed by atoms with E-state index in [4.69, 9.17) is 16.3 Å². The van der Waals surface area contributed by atoms with Gasteiger partial charge in [0.05, 0.1) is 0 Å². The van der Waals surface area contributed by atoms with Crippen molar-refractivity contribution in [2.24, 2.45) is 0 Å². The van der Waals surface area contributed by atoms with E-state index in [2.05, 4.69) is 29.0 Å². The summed E-state index contributed by atoms with van der Waals surface area (Å²) in [5, 5.41) is 0.779. The molecule has 3 rings (SSSR count). The van der Waals surface area contributed by atoms with Crippen LogP contribution in [0, 0.1) is 0 Å². The Hall–Kier alpha value is -1.55. The Kier molecular flexibility index (Phi) is 6.74. The van der Waals surface area contributed by atoms with Crippen LogP contribution in [0.5, 0.6) is 5.75 Å². The standard InChI is InChI=1S/C21H27ClN2O/c1-23-12-14-24(15-13-23)11-5-8-19-16-20(22)9-10-21(19)25-17-18-6-3-2-4-7-18/h2-4,6-7,9-10,16H,5,8,11-15,17H2,1H3. The van der Waals surface area contributed by atoms with Gasteiger partial charge in [0.25, 0.3) is 0 Å². The lowest BCUT2D eigenvalue weighted by Crippen LogP contribution is -2.44. The molecule has 1 saturated heterocycles. The molecule has 0 spiro atoms. The molecule has 1 fully saturated rings. The number of hydrogen-bond donors (Lipinski definition) is 0. The van der Waals surface area contributed by atoms with Crippen molar-refractivity contribution in [3.8, 4) is 5.75 Å². The maximum atomic E-state index is 6.21. The summed E-state index contributed by atoms with van der Waals surface area (Å²) in [4.78, 5) is 4.94. The van der Waals surface area contributed by atoms with E-state index in [1.807, 2.05) is 36.4 Å². The maximum absolute atomic E-state index is 6.21. The molecule has 1 aliphatic heterocycles. The number of aryl methyl sites for hydroxylation is 1. The fourth-order valence-corrected chi connectivity index (χ4v) is 3.38. The first-order valence-electron chi connectivity index (χ1n) is 9.07.